The number of hydrogen-bond acceptors (Lipinski definition) is 6. The lowest BCUT2D eigenvalue weighted by Gasteiger charge is -2.34. The Balaban J connectivity index is 1.64. The third-order valence-electron chi connectivity index (χ3n) is 4.24. The first-order valence-electron chi connectivity index (χ1n) is 7.49. The van der Waals surface area contributed by atoms with Crippen molar-refractivity contribution < 1.29 is 9.84 Å². The molecule has 23 heavy (non-hydrogen) atoms. The van der Waals surface area contributed by atoms with Gasteiger partial charge in [-0.15, -0.1) is 0 Å². The van der Waals surface area contributed by atoms with E-state index in [0.29, 0.717) is 25.4 Å². The van der Waals surface area contributed by atoms with Gasteiger partial charge in [-0.05, 0) is 6.07 Å². The quantitative estimate of drug-likeness (QED) is 0.761. The van der Waals surface area contributed by atoms with E-state index in [2.05, 4.69) is 20.4 Å². The molecule has 7 nitrogen and oxygen atoms in total. The number of benzene rings is 1. The fraction of sp³-hybridized carbons (Fsp3) is 0.312. The van der Waals surface area contributed by atoms with Crippen LogP contribution < -0.4 is 10.1 Å². The van der Waals surface area contributed by atoms with Crippen molar-refractivity contribution in [3.05, 3.63) is 42.4 Å². The molecule has 0 saturated carbocycles. The highest BCUT2D eigenvalue weighted by atomic mass is 16.5. The number of nitrogens with zero attached hydrogens (tertiary/aromatic N) is 4. The maximum Gasteiger partial charge on any atom is 0.163 e. The molecule has 3 heterocycles. The Morgan fingerprint density at radius 2 is 2.22 bits per heavy atom. The van der Waals surface area contributed by atoms with Crippen LogP contribution in [-0.2, 0) is 12.6 Å². The van der Waals surface area contributed by atoms with Gasteiger partial charge in [-0.1, -0.05) is 18.2 Å². The lowest BCUT2D eigenvalue weighted by Crippen LogP contribution is -2.39. The van der Waals surface area contributed by atoms with Crippen molar-refractivity contribution in [3.8, 4) is 5.75 Å². The molecule has 1 atom stereocenters. The smallest absolute Gasteiger partial charge is 0.163 e. The van der Waals surface area contributed by atoms with E-state index in [4.69, 9.17) is 4.74 Å². The van der Waals surface area contributed by atoms with Gasteiger partial charge in [0.15, 0.2) is 5.65 Å². The van der Waals surface area contributed by atoms with E-state index in [9.17, 15) is 5.11 Å². The Hall–Kier alpha value is -2.67. The highest BCUT2D eigenvalue weighted by molar-refractivity contribution is 5.86. The molecule has 0 amide bonds. The molecule has 0 fully saturated rings. The SMILES string of the molecule is Cn1ncc2c(NCC3(O)CCOc4ccccc43)ncnc21. The van der Waals surface area contributed by atoms with Crippen LogP contribution in [-0.4, -0.2) is 38.0 Å². The third-order valence-corrected chi connectivity index (χ3v) is 4.24. The number of ether oxygens (including phenoxy) is 1. The zero-order chi connectivity index (χ0) is 15.9. The minimum absolute atomic E-state index is 0.342. The van der Waals surface area contributed by atoms with Crippen molar-refractivity contribution in [3.63, 3.8) is 0 Å². The molecule has 1 aromatic carbocycles. The van der Waals surface area contributed by atoms with Gasteiger partial charge in [-0.2, -0.15) is 5.10 Å². The van der Waals surface area contributed by atoms with Crippen molar-refractivity contribution >= 4 is 16.9 Å². The summed E-state index contributed by atoms with van der Waals surface area (Å²) in [5, 5.41) is 19.3. The molecule has 118 valence electrons. The van der Waals surface area contributed by atoms with Gasteiger partial charge >= 0.3 is 0 Å². The summed E-state index contributed by atoms with van der Waals surface area (Å²) in [4.78, 5) is 8.49. The van der Waals surface area contributed by atoms with Crippen molar-refractivity contribution in [2.24, 2.45) is 7.05 Å². The van der Waals surface area contributed by atoms with E-state index in [1.807, 2.05) is 31.3 Å². The summed E-state index contributed by atoms with van der Waals surface area (Å²) in [5.41, 5.74) is 0.561. The highest BCUT2D eigenvalue weighted by Crippen LogP contribution is 2.37. The summed E-state index contributed by atoms with van der Waals surface area (Å²) in [6.07, 6.45) is 3.74. The number of fused-ring (bicyclic) bond motifs is 2. The maximum atomic E-state index is 11.1. The van der Waals surface area contributed by atoms with Crippen LogP contribution in [0.15, 0.2) is 36.8 Å². The zero-order valence-electron chi connectivity index (χ0n) is 12.7. The van der Waals surface area contributed by atoms with Gasteiger partial charge in [0, 0.05) is 25.6 Å². The summed E-state index contributed by atoms with van der Waals surface area (Å²) in [5.74, 6) is 1.40. The number of para-hydroxylation sites is 1. The molecule has 3 aromatic rings. The first kappa shape index (κ1) is 14.0. The molecule has 0 spiro atoms. The normalized spacial score (nSPS) is 20.1. The lowest BCUT2D eigenvalue weighted by molar-refractivity contribution is 0.00911. The van der Waals surface area contributed by atoms with Crippen LogP contribution in [0.1, 0.15) is 12.0 Å². The maximum absolute atomic E-state index is 11.1. The molecule has 0 aliphatic carbocycles. The van der Waals surface area contributed by atoms with Crippen LogP contribution in [0.4, 0.5) is 5.82 Å². The second kappa shape index (κ2) is 5.20. The highest BCUT2D eigenvalue weighted by Gasteiger charge is 2.35. The molecule has 0 bridgehead atoms. The van der Waals surface area contributed by atoms with Crippen LogP contribution in [0.5, 0.6) is 5.75 Å². The minimum Gasteiger partial charge on any atom is -0.493 e. The molecular weight excluding hydrogens is 294 g/mol. The van der Waals surface area contributed by atoms with Gasteiger partial charge in [-0.3, -0.25) is 4.68 Å². The standard InChI is InChI=1S/C16H17N5O2/c1-21-15-11(8-20-21)14(18-10-19-15)17-9-16(22)6-7-23-13-5-3-2-4-12(13)16/h2-5,8,10,22H,6-7,9H2,1H3,(H,17,18,19). The fourth-order valence-electron chi connectivity index (χ4n) is 2.96. The number of nitrogens with one attached hydrogen (secondary N) is 1. The number of aliphatic hydroxyl groups is 1. The summed E-state index contributed by atoms with van der Waals surface area (Å²) < 4.78 is 7.31. The number of anilines is 1. The molecule has 2 aromatic heterocycles. The Kier molecular flexibility index (Phi) is 3.16. The minimum atomic E-state index is -0.992. The summed E-state index contributed by atoms with van der Waals surface area (Å²) in [6, 6.07) is 7.59. The number of rotatable bonds is 3. The van der Waals surface area contributed by atoms with Crippen LogP contribution in [0.2, 0.25) is 0 Å². The van der Waals surface area contributed by atoms with Gasteiger partial charge in [0.2, 0.25) is 0 Å². The van der Waals surface area contributed by atoms with E-state index >= 15 is 0 Å². The van der Waals surface area contributed by atoms with E-state index in [0.717, 1.165) is 22.3 Å². The van der Waals surface area contributed by atoms with Gasteiger partial charge in [-0.25, -0.2) is 9.97 Å². The van der Waals surface area contributed by atoms with Gasteiger partial charge in [0.25, 0.3) is 0 Å². The average Bonchev–Trinajstić information content (AvgIpc) is 2.96. The van der Waals surface area contributed by atoms with Crippen molar-refractivity contribution in [2.45, 2.75) is 12.0 Å². The van der Waals surface area contributed by atoms with Gasteiger partial charge in [0.05, 0.1) is 18.2 Å². The number of aromatic nitrogens is 4. The molecular formula is C16H17N5O2. The van der Waals surface area contributed by atoms with Crippen LogP contribution in [0, 0.1) is 0 Å². The zero-order valence-corrected chi connectivity index (χ0v) is 12.7. The van der Waals surface area contributed by atoms with E-state index in [-0.39, 0.29) is 0 Å². The molecule has 4 rings (SSSR count). The number of aryl methyl sites for hydroxylation is 1. The van der Waals surface area contributed by atoms with Crippen LogP contribution in [0.25, 0.3) is 11.0 Å². The Morgan fingerprint density at radius 1 is 1.35 bits per heavy atom. The predicted molar refractivity (Wildman–Crippen MR) is 85.2 cm³/mol. The third kappa shape index (κ3) is 2.29. The van der Waals surface area contributed by atoms with Crippen LogP contribution >= 0.6 is 0 Å². The Morgan fingerprint density at radius 3 is 3.13 bits per heavy atom. The first-order valence-corrected chi connectivity index (χ1v) is 7.49. The molecule has 0 radical (unpaired) electrons. The van der Waals surface area contributed by atoms with E-state index in [1.165, 1.54) is 6.33 Å². The second-order valence-corrected chi connectivity index (χ2v) is 5.71. The Bertz CT molecular complexity index is 863. The first-order chi connectivity index (χ1) is 11.2. The topological polar surface area (TPSA) is 85.1 Å². The molecule has 1 unspecified atom stereocenters. The fourth-order valence-corrected chi connectivity index (χ4v) is 2.96. The van der Waals surface area contributed by atoms with E-state index in [1.54, 1.807) is 10.9 Å². The Labute approximate surface area is 132 Å². The lowest BCUT2D eigenvalue weighted by atomic mass is 9.88. The van der Waals surface area contributed by atoms with Gasteiger partial charge in [0.1, 0.15) is 23.5 Å². The van der Waals surface area contributed by atoms with Crippen molar-refractivity contribution in [1.29, 1.82) is 0 Å². The molecule has 1 aliphatic heterocycles. The second-order valence-electron chi connectivity index (χ2n) is 5.71. The predicted octanol–water partition coefficient (Wildman–Crippen LogP) is 1.45. The van der Waals surface area contributed by atoms with Crippen LogP contribution in [0.3, 0.4) is 0 Å². The summed E-state index contributed by atoms with van der Waals surface area (Å²) in [6.45, 7) is 0.829. The number of hydrogen-bond donors (Lipinski definition) is 2. The molecule has 1 aliphatic rings. The summed E-state index contributed by atoms with van der Waals surface area (Å²) >= 11 is 0. The molecule has 2 N–H and O–H groups in total. The summed E-state index contributed by atoms with van der Waals surface area (Å²) in [7, 11) is 1.83. The van der Waals surface area contributed by atoms with Crippen molar-refractivity contribution in [1.82, 2.24) is 19.7 Å². The van der Waals surface area contributed by atoms with Crippen molar-refractivity contribution in [2.75, 3.05) is 18.5 Å². The molecule has 7 heteroatoms. The molecule has 0 saturated heterocycles. The van der Waals surface area contributed by atoms with Gasteiger partial charge < -0.3 is 15.2 Å². The monoisotopic (exact) mass is 311 g/mol. The average molecular weight is 311 g/mol. The van der Waals surface area contributed by atoms with E-state index < -0.39 is 5.60 Å². The largest absolute Gasteiger partial charge is 0.493 e.